The van der Waals surface area contributed by atoms with Gasteiger partial charge in [0.25, 0.3) is 0 Å². The molecule has 0 saturated carbocycles. The van der Waals surface area contributed by atoms with Gasteiger partial charge in [0.2, 0.25) is 5.91 Å². The van der Waals surface area contributed by atoms with E-state index in [4.69, 9.17) is 5.26 Å². The molecule has 14 heavy (non-hydrogen) atoms. The van der Waals surface area contributed by atoms with Gasteiger partial charge in [0.1, 0.15) is 0 Å². The van der Waals surface area contributed by atoms with Crippen molar-refractivity contribution in [3.8, 4) is 6.07 Å². The van der Waals surface area contributed by atoms with Crippen molar-refractivity contribution in [2.45, 2.75) is 39.2 Å². The van der Waals surface area contributed by atoms with Crippen molar-refractivity contribution >= 4 is 5.91 Å². The van der Waals surface area contributed by atoms with Crippen LogP contribution in [0.25, 0.3) is 0 Å². The van der Waals surface area contributed by atoms with E-state index in [0.29, 0.717) is 19.4 Å². The normalized spacial score (nSPS) is 11.8. The summed E-state index contributed by atoms with van der Waals surface area (Å²) < 4.78 is 0. The van der Waals surface area contributed by atoms with Gasteiger partial charge in [0.15, 0.2) is 0 Å². The molecule has 2 N–H and O–H groups in total. The quantitative estimate of drug-likeness (QED) is 0.593. The summed E-state index contributed by atoms with van der Waals surface area (Å²) in [5.74, 6) is 0.0213. The van der Waals surface area contributed by atoms with E-state index in [-0.39, 0.29) is 11.9 Å². The monoisotopic (exact) mass is 197 g/mol. The minimum atomic E-state index is 0.00845. The second-order valence-corrected chi connectivity index (χ2v) is 3.14. The summed E-state index contributed by atoms with van der Waals surface area (Å²) in [6.07, 6.45) is 1.68. The molecule has 4 heteroatoms. The zero-order chi connectivity index (χ0) is 10.8. The van der Waals surface area contributed by atoms with E-state index < -0.39 is 0 Å². The molecule has 1 atom stereocenters. The average molecular weight is 197 g/mol. The lowest BCUT2D eigenvalue weighted by atomic mass is 10.1. The van der Waals surface area contributed by atoms with Gasteiger partial charge >= 0.3 is 0 Å². The number of carbonyl (C=O) groups excluding carboxylic acids is 1. The molecule has 0 aliphatic heterocycles. The van der Waals surface area contributed by atoms with Crippen molar-refractivity contribution in [3.05, 3.63) is 0 Å². The molecule has 0 aromatic rings. The molecular formula is C10H19N3O. The Morgan fingerprint density at radius 3 is 2.71 bits per heavy atom. The molecule has 0 aromatic carbocycles. The van der Waals surface area contributed by atoms with Crippen molar-refractivity contribution in [1.29, 1.82) is 5.26 Å². The maximum absolute atomic E-state index is 11.3. The van der Waals surface area contributed by atoms with Crippen LogP contribution in [0.4, 0.5) is 0 Å². The Morgan fingerprint density at radius 2 is 2.21 bits per heavy atom. The molecule has 1 unspecified atom stereocenters. The predicted molar refractivity (Wildman–Crippen MR) is 55.6 cm³/mol. The van der Waals surface area contributed by atoms with Crippen LogP contribution in [0.1, 0.15) is 33.1 Å². The Morgan fingerprint density at radius 1 is 1.50 bits per heavy atom. The molecule has 0 aromatic heterocycles. The molecule has 1 amide bonds. The number of rotatable bonds is 7. The highest BCUT2D eigenvalue weighted by atomic mass is 16.1. The summed E-state index contributed by atoms with van der Waals surface area (Å²) in [4.78, 5) is 11.3. The zero-order valence-corrected chi connectivity index (χ0v) is 8.97. The molecule has 0 spiro atoms. The highest BCUT2D eigenvalue weighted by Gasteiger charge is 2.08. The third-order valence-corrected chi connectivity index (χ3v) is 1.97. The van der Waals surface area contributed by atoms with Crippen molar-refractivity contribution < 1.29 is 4.79 Å². The molecule has 80 valence electrons. The zero-order valence-electron chi connectivity index (χ0n) is 8.97. The minimum Gasteiger partial charge on any atom is -0.352 e. The lowest BCUT2D eigenvalue weighted by Crippen LogP contribution is -2.35. The number of amides is 1. The second kappa shape index (κ2) is 8.52. The topological polar surface area (TPSA) is 64.9 Å². The van der Waals surface area contributed by atoms with Gasteiger partial charge in [-0.1, -0.05) is 13.8 Å². The lowest BCUT2D eigenvalue weighted by Gasteiger charge is -2.13. The van der Waals surface area contributed by atoms with Crippen LogP contribution in [-0.4, -0.2) is 25.0 Å². The summed E-state index contributed by atoms with van der Waals surface area (Å²) >= 11 is 0. The number of hydrogen-bond acceptors (Lipinski definition) is 3. The van der Waals surface area contributed by atoms with Gasteiger partial charge in [0, 0.05) is 19.0 Å². The average Bonchev–Trinajstić information content (AvgIpc) is 2.17. The Labute approximate surface area is 85.7 Å². The molecule has 4 nitrogen and oxygen atoms in total. The summed E-state index contributed by atoms with van der Waals surface area (Å²) in [6.45, 7) is 5.54. The van der Waals surface area contributed by atoms with Gasteiger partial charge in [-0.2, -0.15) is 5.26 Å². The van der Waals surface area contributed by atoms with Crippen molar-refractivity contribution in [1.82, 2.24) is 10.6 Å². The number of hydrogen-bond donors (Lipinski definition) is 2. The third kappa shape index (κ3) is 6.44. The largest absolute Gasteiger partial charge is 0.352 e. The Kier molecular flexibility index (Phi) is 7.86. The molecule has 0 saturated heterocycles. The summed E-state index contributed by atoms with van der Waals surface area (Å²) in [6, 6.07) is 2.07. The Hall–Kier alpha value is -1.08. The maximum Gasteiger partial charge on any atom is 0.221 e. The minimum absolute atomic E-state index is 0.00845. The first-order chi connectivity index (χ1) is 6.74. The van der Waals surface area contributed by atoms with Gasteiger partial charge in [-0.3, -0.25) is 4.79 Å². The molecule has 0 fully saturated rings. The molecule has 0 radical (unpaired) electrons. The predicted octanol–water partition coefficient (Wildman–Crippen LogP) is 0.794. The first-order valence-electron chi connectivity index (χ1n) is 5.11. The smallest absolute Gasteiger partial charge is 0.221 e. The van der Waals surface area contributed by atoms with E-state index in [2.05, 4.69) is 16.7 Å². The highest BCUT2D eigenvalue weighted by Crippen LogP contribution is 1.96. The molecule has 0 aliphatic rings. The molecule has 0 rings (SSSR count). The number of nitriles is 1. The summed E-state index contributed by atoms with van der Waals surface area (Å²) in [7, 11) is 0. The van der Waals surface area contributed by atoms with E-state index in [1.54, 1.807) is 0 Å². The van der Waals surface area contributed by atoms with Crippen LogP contribution in [0.3, 0.4) is 0 Å². The standard InChI is InChI=1S/C10H19N3O/c1-3-9(5-7-11)13-10(14)6-8-12-4-2/h9,12H,3-6,8H2,1-2H3,(H,13,14). The van der Waals surface area contributed by atoms with E-state index in [9.17, 15) is 4.79 Å². The maximum atomic E-state index is 11.3. The summed E-state index contributed by atoms with van der Waals surface area (Å²) in [5.41, 5.74) is 0. The van der Waals surface area contributed by atoms with Crippen LogP contribution >= 0.6 is 0 Å². The van der Waals surface area contributed by atoms with E-state index in [1.807, 2.05) is 13.8 Å². The molecule has 0 bridgehead atoms. The number of carbonyl (C=O) groups is 1. The van der Waals surface area contributed by atoms with Gasteiger partial charge in [-0.15, -0.1) is 0 Å². The fourth-order valence-corrected chi connectivity index (χ4v) is 1.09. The summed E-state index contributed by atoms with van der Waals surface area (Å²) in [5, 5.41) is 14.4. The second-order valence-electron chi connectivity index (χ2n) is 3.14. The lowest BCUT2D eigenvalue weighted by molar-refractivity contribution is -0.121. The molecular weight excluding hydrogens is 178 g/mol. The van der Waals surface area contributed by atoms with Gasteiger partial charge in [-0.05, 0) is 13.0 Å². The Bertz CT molecular complexity index is 198. The molecule has 0 heterocycles. The fraction of sp³-hybridized carbons (Fsp3) is 0.800. The number of nitrogens with zero attached hydrogens (tertiary/aromatic N) is 1. The SMILES string of the molecule is CCNCCC(=O)NC(CC)CC#N. The Balaban J connectivity index is 3.63. The van der Waals surface area contributed by atoms with Crippen LogP contribution in [0.15, 0.2) is 0 Å². The van der Waals surface area contributed by atoms with Crippen molar-refractivity contribution in [2.24, 2.45) is 0 Å². The van der Waals surface area contributed by atoms with E-state index >= 15 is 0 Å². The van der Waals surface area contributed by atoms with Crippen molar-refractivity contribution in [3.63, 3.8) is 0 Å². The first-order valence-corrected chi connectivity index (χ1v) is 5.11. The van der Waals surface area contributed by atoms with Crippen LogP contribution in [0.2, 0.25) is 0 Å². The van der Waals surface area contributed by atoms with E-state index in [1.165, 1.54) is 0 Å². The highest BCUT2D eigenvalue weighted by molar-refractivity contribution is 5.76. The van der Waals surface area contributed by atoms with Crippen LogP contribution in [0.5, 0.6) is 0 Å². The molecule has 0 aliphatic carbocycles. The van der Waals surface area contributed by atoms with Crippen LogP contribution < -0.4 is 10.6 Å². The van der Waals surface area contributed by atoms with E-state index in [0.717, 1.165) is 13.0 Å². The van der Waals surface area contributed by atoms with Gasteiger partial charge in [-0.25, -0.2) is 0 Å². The van der Waals surface area contributed by atoms with Crippen molar-refractivity contribution in [2.75, 3.05) is 13.1 Å². The third-order valence-electron chi connectivity index (χ3n) is 1.97. The van der Waals surface area contributed by atoms with Gasteiger partial charge in [0.05, 0.1) is 12.5 Å². The fourth-order valence-electron chi connectivity index (χ4n) is 1.09. The van der Waals surface area contributed by atoms with Crippen LogP contribution in [-0.2, 0) is 4.79 Å². The number of nitrogens with one attached hydrogen (secondary N) is 2. The van der Waals surface area contributed by atoms with Crippen LogP contribution in [0, 0.1) is 11.3 Å². The first kappa shape index (κ1) is 12.9. The van der Waals surface area contributed by atoms with Gasteiger partial charge < -0.3 is 10.6 Å².